The Bertz CT molecular complexity index is 1280. The van der Waals surface area contributed by atoms with Gasteiger partial charge < -0.3 is 10.2 Å². The van der Waals surface area contributed by atoms with E-state index in [1.54, 1.807) is 24.3 Å². The summed E-state index contributed by atoms with van der Waals surface area (Å²) in [7, 11) is 1.44. The van der Waals surface area contributed by atoms with Gasteiger partial charge in [-0.3, -0.25) is 24.1 Å². The number of piperidine rings is 1. The number of benzene rings is 2. The number of amides is 4. The van der Waals surface area contributed by atoms with Crippen LogP contribution < -0.4 is 5.32 Å². The molecule has 7 nitrogen and oxygen atoms in total. The quantitative estimate of drug-likeness (QED) is 0.479. The van der Waals surface area contributed by atoms with Gasteiger partial charge in [0.15, 0.2) is 0 Å². The molecule has 2 heterocycles. The summed E-state index contributed by atoms with van der Waals surface area (Å²) in [6.45, 7) is 2.97. The monoisotopic (exact) mass is 533 g/mol. The zero-order chi connectivity index (χ0) is 28.0. The Morgan fingerprint density at radius 2 is 1.61 bits per heavy atom. The number of imide groups is 1. The lowest BCUT2D eigenvalue weighted by atomic mass is 9.67. The second-order valence-corrected chi connectivity index (χ2v) is 10.3. The van der Waals surface area contributed by atoms with Crippen molar-refractivity contribution in [3.8, 4) is 0 Å². The number of halogens is 4. The SMILES string of the molecule is CN1C(=O)C(c2ccccc2)C2(CCN(C(=O)C(C)(C)NC(=O)c3cc(C(F)(F)F)ccc3F)CC2)C1=O. The van der Waals surface area contributed by atoms with Crippen molar-refractivity contribution in [2.75, 3.05) is 20.1 Å². The zero-order valence-corrected chi connectivity index (χ0v) is 21.1. The van der Waals surface area contributed by atoms with Crippen molar-refractivity contribution >= 4 is 23.6 Å². The van der Waals surface area contributed by atoms with E-state index in [1.807, 2.05) is 6.07 Å². The highest BCUT2D eigenvalue weighted by Crippen LogP contribution is 2.51. The van der Waals surface area contributed by atoms with Crippen LogP contribution in [0.1, 0.15) is 54.1 Å². The molecule has 1 unspecified atom stereocenters. The molecule has 2 aromatic rings. The minimum Gasteiger partial charge on any atom is -0.341 e. The summed E-state index contributed by atoms with van der Waals surface area (Å²) in [5.74, 6) is -4.17. The number of nitrogens with one attached hydrogen (secondary N) is 1. The Hall–Kier alpha value is -3.76. The summed E-state index contributed by atoms with van der Waals surface area (Å²) in [5, 5.41) is 2.34. The number of likely N-dealkylation sites (N-methyl/N-ethyl adjacent to an activating group) is 1. The number of carbonyl (C=O) groups is 4. The predicted molar refractivity (Wildman–Crippen MR) is 128 cm³/mol. The number of hydrogen-bond acceptors (Lipinski definition) is 4. The Labute approximate surface area is 216 Å². The molecule has 11 heteroatoms. The smallest absolute Gasteiger partial charge is 0.341 e. The van der Waals surface area contributed by atoms with Crippen LogP contribution in [0.3, 0.4) is 0 Å². The summed E-state index contributed by atoms with van der Waals surface area (Å²) in [6, 6.07) is 10.5. The van der Waals surface area contributed by atoms with Gasteiger partial charge in [0, 0.05) is 20.1 Å². The third kappa shape index (κ3) is 4.65. The Morgan fingerprint density at radius 1 is 1.00 bits per heavy atom. The molecule has 1 N–H and O–H groups in total. The van der Waals surface area contributed by atoms with E-state index in [2.05, 4.69) is 5.32 Å². The molecule has 2 aromatic carbocycles. The Balaban J connectivity index is 1.50. The predicted octanol–water partition coefficient (Wildman–Crippen LogP) is 3.74. The van der Waals surface area contributed by atoms with Gasteiger partial charge >= 0.3 is 6.18 Å². The Kier molecular flexibility index (Phi) is 6.83. The molecular formula is C27H27F4N3O4. The molecule has 2 fully saturated rings. The Morgan fingerprint density at radius 3 is 2.18 bits per heavy atom. The third-order valence-electron chi connectivity index (χ3n) is 7.44. The van der Waals surface area contributed by atoms with Crippen molar-refractivity contribution in [3.63, 3.8) is 0 Å². The lowest BCUT2D eigenvalue weighted by Gasteiger charge is -2.42. The van der Waals surface area contributed by atoms with Crippen molar-refractivity contribution in [2.24, 2.45) is 5.41 Å². The highest BCUT2D eigenvalue weighted by Gasteiger charge is 2.59. The van der Waals surface area contributed by atoms with Crippen molar-refractivity contribution < 1.29 is 36.7 Å². The molecule has 38 heavy (non-hydrogen) atoms. The summed E-state index contributed by atoms with van der Waals surface area (Å²) in [6.07, 6.45) is -4.36. The van der Waals surface area contributed by atoms with Crippen LogP contribution >= 0.6 is 0 Å². The number of carbonyl (C=O) groups excluding carboxylic acids is 4. The van der Waals surface area contributed by atoms with E-state index in [0.717, 1.165) is 4.90 Å². The second kappa shape index (κ2) is 9.52. The van der Waals surface area contributed by atoms with Gasteiger partial charge in [0.1, 0.15) is 11.4 Å². The van der Waals surface area contributed by atoms with Crippen LogP contribution in [0.25, 0.3) is 0 Å². The molecule has 2 saturated heterocycles. The number of alkyl halides is 3. The summed E-state index contributed by atoms with van der Waals surface area (Å²) in [5.41, 5.74) is -3.91. The first kappa shape index (κ1) is 27.3. The van der Waals surface area contributed by atoms with Crippen molar-refractivity contribution in [1.82, 2.24) is 15.1 Å². The molecule has 1 atom stereocenters. The van der Waals surface area contributed by atoms with Crippen LogP contribution in [0.5, 0.6) is 0 Å². The second-order valence-electron chi connectivity index (χ2n) is 10.3. The maximum absolute atomic E-state index is 14.2. The minimum atomic E-state index is -4.78. The minimum absolute atomic E-state index is 0.117. The van der Waals surface area contributed by atoms with Crippen molar-refractivity contribution in [1.29, 1.82) is 0 Å². The van der Waals surface area contributed by atoms with E-state index in [-0.39, 0.29) is 37.7 Å². The van der Waals surface area contributed by atoms with Gasteiger partial charge in [-0.1, -0.05) is 30.3 Å². The van der Waals surface area contributed by atoms with Crippen LogP contribution in [0.15, 0.2) is 48.5 Å². The van der Waals surface area contributed by atoms with Crippen LogP contribution in [-0.2, 0) is 20.6 Å². The molecular weight excluding hydrogens is 506 g/mol. The van der Waals surface area contributed by atoms with Gasteiger partial charge in [-0.25, -0.2) is 4.39 Å². The van der Waals surface area contributed by atoms with Gasteiger partial charge in [-0.05, 0) is 50.5 Å². The molecule has 0 radical (unpaired) electrons. The van der Waals surface area contributed by atoms with E-state index >= 15 is 0 Å². The van der Waals surface area contributed by atoms with E-state index < -0.39 is 51.8 Å². The average Bonchev–Trinajstić information content (AvgIpc) is 3.04. The van der Waals surface area contributed by atoms with Gasteiger partial charge in [-0.15, -0.1) is 0 Å². The fraction of sp³-hybridized carbons (Fsp3) is 0.407. The summed E-state index contributed by atoms with van der Waals surface area (Å²) >= 11 is 0. The fourth-order valence-electron chi connectivity index (χ4n) is 5.38. The fourth-order valence-corrected chi connectivity index (χ4v) is 5.38. The van der Waals surface area contributed by atoms with Gasteiger partial charge in [0.05, 0.1) is 22.5 Å². The molecule has 0 aromatic heterocycles. The lowest BCUT2D eigenvalue weighted by Crippen LogP contribution is -2.58. The maximum atomic E-state index is 14.2. The van der Waals surface area contributed by atoms with Crippen LogP contribution in [0.2, 0.25) is 0 Å². The molecule has 1 spiro atoms. The molecule has 2 aliphatic heterocycles. The zero-order valence-electron chi connectivity index (χ0n) is 21.1. The first-order valence-corrected chi connectivity index (χ1v) is 12.0. The summed E-state index contributed by atoms with van der Waals surface area (Å²) in [4.78, 5) is 54.8. The first-order valence-electron chi connectivity index (χ1n) is 12.0. The van der Waals surface area contributed by atoms with Gasteiger partial charge in [-0.2, -0.15) is 13.2 Å². The highest BCUT2D eigenvalue weighted by molar-refractivity contribution is 6.10. The summed E-state index contributed by atoms with van der Waals surface area (Å²) < 4.78 is 53.3. The van der Waals surface area contributed by atoms with Crippen LogP contribution in [0.4, 0.5) is 17.6 Å². The first-order chi connectivity index (χ1) is 17.7. The van der Waals surface area contributed by atoms with E-state index in [1.165, 1.54) is 25.8 Å². The molecule has 4 rings (SSSR count). The number of likely N-dealkylation sites (tertiary alicyclic amines) is 2. The van der Waals surface area contributed by atoms with Crippen molar-refractivity contribution in [3.05, 3.63) is 71.0 Å². The number of rotatable bonds is 4. The molecule has 2 aliphatic rings. The average molecular weight is 534 g/mol. The van der Waals surface area contributed by atoms with Gasteiger partial charge in [0.2, 0.25) is 17.7 Å². The lowest BCUT2D eigenvalue weighted by molar-refractivity contribution is -0.145. The topological polar surface area (TPSA) is 86.8 Å². The maximum Gasteiger partial charge on any atom is 0.416 e. The van der Waals surface area contributed by atoms with Crippen LogP contribution in [0, 0.1) is 11.2 Å². The number of nitrogens with zero attached hydrogens (tertiary/aromatic N) is 2. The van der Waals surface area contributed by atoms with Crippen molar-refractivity contribution in [2.45, 2.75) is 44.3 Å². The third-order valence-corrected chi connectivity index (χ3v) is 7.44. The molecule has 0 aliphatic carbocycles. The molecule has 0 bridgehead atoms. The molecule has 0 saturated carbocycles. The van der Waals surface area contributed by atoms with E-state index in [4.69, 9.17) is 0 Å². The highest BCUT2D eigenvalue weighted by atomic mass is 19.4. The normalized spacial score (nSPS) is 19.7. The van der Waals surface area contributed by atoms with E-state index in [0.29, 0.717) is 23.8 Å². The number of hydrogen-bond donors (Lipinski definition) is 1. The van der Waals surface area contributed by atoms with Gasteiger partial charge in [0.25, 0.3) is 5.91 Å². The standard InChI is InChI=1S/C27H27F4N3O4/c1-25(2,32-21(35)18-15-17(27(29,30)31)9-10-19(18)28)23(37)34-13-11-26(12-14-34)20(16-7-5-4-6-8-16)22(36)33(3)24(26)38/h4-10,15,20H,11-14H2,1-3H3,(H,32,35). The largest absolute Gasteiger partial charge is 0.416 e. The molecule has 4 amide bonds. The van der Waals surface area contributed by atoms with Crippen LogP contribution in [-0.4, -0.2) is 59.1 Å². The van der Waals surface area contributed by atoms with E-state index in [9.17, 15) is 36.7 Å². The molecule has 202 valence electrons.